The summed E-state index contributed by atoms with van der Waals surface area (Å²) in [6.45, 7) is 10.8. The van der Waals surface area contributed by atoms with E-state index < -0.39 is 35.6 Å². The second-order valence-electron chi connectivity index (χ2n) is 15.0. The van der Waals surface area contributed by atoms with Crippen LogP contribution in [-0.4, -0.2) is 109 Å². The van der Waals surface area contributed by atoms with E-state index in [2.05, 4.69) is 10.6 Å². The van der Waals surface area contributed by atoms with Gasteiger partial charge in [0.05, 0.1) is 32.2 Å². The smallest absolute Gasteiger partial charge is 0.410 e. The Hall–Kier alpha value is -4.56. The van der Waals surface area contributed by atoms with Crippen LogP contribution in [0.4, 0.5) is 9.59 Å². The van der Waals surface area contributed by atoms with E-state index in [1.165, 1.54) is 4.90 Å². The summed E-state index contributed by atoms with van der Waals surface area (Å²) in [5.41, 5.74) is -0.0159. The molecule has 15 nitrogen and oxygen atoms in total. The lowest BCUT2D eigenvalue weighted by molar-refractivity contribution is -0.145. The Morgan fingerprint density at radius 3 is 1.98 bits per heavy atom. The molecule has 0 saturated carbocycles. The third-order valence-corrected chi connectivity index (χ3v) is 9.73. The van der Waals surface area contributed by atoms with Crippen LogP contribution in [0, 0.1) is 17.8 Å². The maximum Gasteiger partial charge on any atom is 0.410 e. The van der Waals surface area contributed by atoms with Gasteiger partial charge >= 0.3 is 24.1 Å². The number of esters is 2. The van der Waals surface area contributed by atoms with Crippen LogP contribution in [-0.2, 0) is 33.4 Å². The summed E-state index contributed by atoms with van der Waals surface area (Å²) in [5.74, 6) is -1.15. The first-order chi connectivity index (χ1) is 25.7. The van der Waals surface area contributed by atoms with Crippen molar-refractivity contribution < 1.29 is 52.8 Å². The minimum atomic E-state index is -0.916. The number of carbonyl (C=O) groups is 6. The van der Waals surface area contributed by atoms with E-state index in [1.54, 1.807) is 43.0 Å². The van der Waals surface area contributed by atoms with Gasteiger partial charge in [0.1, 0.15) is 11.4 Å². The Bertz CT molecular complexity index is 1400. The zero-order chi connectivity index (χ0) is 39.7. The number of piperidine rings is 2. The molecule has 302 valence electrons. The lowest BCUT2D eigenvalue weighted by atomic mass is 9.84. The molecule has 1 aromatic carbocycles. The molecule has 15 heteroatoms. The molecule has 3 N–H and O–H groups in total. The van der Waals surface area contributed by atoms with Gasteiger partial charge in [0, 0.05) is 32.1 Å². The van der Waals surface area contributed by atoms with Crippen molar-refractivity contribution in [1.82, 2.24) is 20.4 Å². The van der Waals surface area contributed by atoms with Gasteiger partial charge in [-0.15, -0.1) is 0 Å². The van der Waals surface area contributed by atoms with Crippen LogP contribution < -0.4 is 15.4 Å². The van der Waals surface area contributed by atoms with Gasteiger partial charge in [-0.2, -0.15) is 0 Å². The maximum absolute atomic E-state index is 13.7. The third-order valence-electron chi connectivity index (χ3n) is 9.73. The number of benzene rings is 1. The quantitative estimate of drug-likeness (QED) is 0.134. The van der Waals surface area contributed by atoms with Crippen LogP contribution in [0.25, 0.3) is 0 Å². The van der Waals surface area contributed by atoms with Crippen molar-refractivity contribution in [3.8, 4) is 5.75 Å². The normalized spacial score (nSPS) is 16.5. The van der Waals surface area contributed by atoms with Crippen LogP contribution >= 0.6 is 0 Å². The van der Waals surface area contributed by atoms with Crippen LogP contribution in [0.1, 0.15) is 104 Å². The second kappa shape index (κ2) is 22.0. The predicted octanol–water partition coefficient (Wildman–Crippen LogP) is 5.07. The van der Waals surface area contributed by atoms with Crippen molar-refractivity contribution >= 4 is 35.9 Å². The molecule has 0 aliphatic carbocycles. The first-order valence-corrected chi connectivity index (χ1v) is 19.2. The summed E-state index contributed by atoms with van der Waals surface area (Å²) in [7, 11) is 0. The molecule has 2 atom stereocenters. The highest BCUT2D eigenvalue weighted by atomic mass is 16.6. The molecule has 2 fully saturated rings. The van der Waals surface area contributed by atoms with Crippen molar-refractivity contribution in [3.05, 3.63) is 29.8 Å². The van der Waals surface area contributed by atoms with Gasteiger partial charge in [0.2, 0.25) is 11.8 Å². The highest BCUT2D eigenvalue weighted by Gasteiger charge is 2.30. The van der Waals surface area contributed by atoms with Crippen LogP contribution in [0.3, 0.4) is 0 Å². The van der Waals surface area contributed by atoms with E-state index in [0.717, 1.165) is 38.5 Å². The Morgan fingerprint density at radius 2 is 1.43 bits per heavy atom. The first kappa shape index (κ1) is 43.8. The average molecular weight is 761 g/mol. The fourth-order valence-corrected chi connectivity index (χ4v) is 6.79. The van der Waals surface area contributed by atoms with Crippen molar-refractivity contribution in [3.63, 3.8) is 0 Å². The summed E-state index contributed by atoms with van der Waals surface area (Å²) in [6.07, 6.45) is 4.48. The number of nitrogens with zero attached hydrogens (tertiary/aromatic N) is 2. The molecule has 2 aliphatic heterocycles. The fourth-order valence-electron chi connectivity index (χ4n) is 6.79. The Kier molecular flexibility index (Phi) is 17.8. The molecular formula is C39H60N4O11. The molecular weight excluding hydrogens is 700 g/mol. The number of hydrogen-bond donors (Lipinski definition) is 3. The molecule has 0 radical (unpaired) electrons. The molecule has 1 aromatic rings. The number of likely N-dealkylation sites (tertiary alicyclic amines) is 2. The minimum absolute atomic E-state index is 0.162. The monoisotopic (exact) mass is 760 g/mol. The van der Waals surface area contributed by atoms with Crippen molar-refractivity contribution in [1.29, 1.82) is 0 Å². The number of nitrogens with one attached hydrogen (secondary N) is 2. The van der Waals surface area contributed by atoms with Gasteiger partial charge in [0.15, 0.2) is 6.61 Å². The lowest BCUT2D eigenvalue weighted by Gasteiger charge is -2.34. The van der Waals surface area contributed by atoms with E-state index in [-0.39, 0.29) is 50.7 Å². The van der Waals surface area contributed by atoms with Gasteiger partial charge in [-0.05, 0) is 116 Å². The lowest BCUT2D eigenvalue weighted by Crippen LogP contribution is -2.42. The summed E-state index contributed by atoms with van der Waals surface area (Å²) < 4.78 is 21.1. The van der Waals surface area contributed by atoms with E-state index in [0.29, 0.717) is 62.2 Å². The van der Waals surface area contributed by atoms with Crippen molar-refractivity contribution in [2.75, 3.05) is 52.5 Å². The summed E-state index contributed by atoms with van der Waals surface area (Å²) in [4.78, 5) is 78.3. The van der Waals surface area contributed by atoms with Crippen LogP contribution in [0.15, 0.2) is 24.3 Å². The Morgan fingerprint density at radius 1 is 0.852 bits per heavy atom. The molecule has 0 bridgehead atoms. The Balaban J connectivity index is 1.62. The standard InChI is InChI=1S/C39H60N4O11/c1-6-51-34(45)24-32(30-9-8-10-31(23-30)53-26-35(46)52-7-2)41-33(44)25-40-36(47)29(13-11-27-15-19-42(20-16-27)37(48)49)14-12-28-17-21-43(22-18-28)38(50)54-39(3,4)5/h8-10,23,27-29,32H,6-7,11-22,24-26H2,1-5H3,(H,40,47)(H,41,44)(H,48,49). The number of rotatable bonds is 18. The molecule has 3 rings (SSSR count). The fraction of sp³-hybridized carbons (Fsp3) is 0.692. The highest BCUT2D eigenvalue weighted by Crippen LogP contribution is 2.30. The average Bonchev–Trinajstić information content (AvgIpc) is 3.13. The van der Waals surface area contributed by atoms with E-state index >= 15 is 0 Å². The second-order valence-corrected chi connectivity index (χ2v) is 15.0. The SMILES string of the molecule is CCOC(=O)COc1cccc(C(CC(=O)OCC)NC(=O)CNC(=O)C(CCC2CCN(C(=O)O)CC2)CCC2CCN(C(=O)OC(C)(C)C)CC2)c1. The minimum Gasteiger partial charge on any atom is -0.482 e. The summed E-state index contributed by atoms with van der Waals surface area (Å²) in [6, 6.07) is 5.87. The van der Waals surface area contributed by atoms with E-state index in [9.17, 15) is 33.9 Å². The number of carbonyl (C=O) groups excluding carboxylic acids is 5. The Labute approximate surface area is 318 Å². The zero-order valence-electron chi connectivity index (χ0n) is 32.6. The van der Waals surface area contributed by atoms with Crippen molar-refractivity contribution in [2.24, 2.45) is 17.8 Å². The molecule has 2 saturated heterocycles. The zero-order valence-corrected chi connectivity index (χ0v) is 32.6. The highest BCUT2D eigenvalue weighted by molar-refractivity contribution is 5.86. The molecule has 54 heavy (non-hydrogen) atoms. The predicted molar refractivity (Wildman–Crippen MR) is 199 cm³/mol. The van der Waals surface area contributed by atoms with Gasteiger partial charge in [0.25, 0.3) is 0 Å². The van der Waals surface area contributed by atoms with Gasteiger partial charge in [-0.1, -0.05) is 12.1 Å². The first-order valence-electron chi connectivity index (χ1n) is 19.2. The maximum atomic E-state index is 13.7. The van der Waals surface area contributed by atoms with Gasteiger partial charge < -0.3 is 44.5 Å². The number of ether oxygens (including phenoxy) is 4. The van der Waals surface area contributed by atoms with Gasteiger partial charge in [-0.25, -0.2) is 14.4 Å². The molecule has 2 aliphatic rings. The van der Waals surface area contributed by atoms with E-state index in [1.807, 2.05) is 20.8 Å². The molecule has 2 unspecified atom stereocenters. The number of amides is 4. The molecule has 0 aromatic heterocycles. The number of carboxylic acid groups (broad SMARTS) is 1. The molecule has 4 amide bonds. The largest absolute Gasteiger partial charge is 0.482 e. The summed E-state index contributed by atoms with van der Waals surface area (Å²) >= 11 is 0. The number of hydrogen-bond acceptors (Lipinski definition) is 10. The third kappa shape index (κ3) is 15.8. The topological polar surface area (TPSA) is 190 Å². The van der Waals surface area contributed by atoms with Gasteiger partial charge in [-0.3, -0.25) is 14.4 Å². The molecule has 2 heterocycles. The van der Waals surface area contributed by atoms with E-state index in [4.69, 9.17) is 18.9 Å². The van der Waals surface area contributed by atoms with Crippen LogP contribution in [0.2, 0.25) is 0 Å². The van der Waals surface area contributed by atoms with Crippen LogP contribution in [0.5, 0.6) is 5.75 Å². The molecule has 0 spiro atoms. The summed E-state index contributed by atoms with van der Waals surface area (Å²) in [5, 5.41) is 15.0. The van der Waals surface area contributed by atoms with Crippen molar-refractivity contribution in [2.45, 2.75) is 104 Å².